The summed E-state index contributed by atoms with van der Waals surface area (Å²) in [5, 5.41) is 11.0. The molecule has 1 aromatic heterocycles. The van der Waals surface area contributed by atoms with Crippen LogP contribution in [0, 0.1) is 18.7 Å². The molecule has 1 fully saturated rings. The third kappa shape index (κ3) is 3.25. The Hall–Kier alpha value is -2.86. The summed E-state index contributed by atoms with van der Waals surface area (Å²) in [6.45, 7) is 1.74. The van der Waals surface area contributed by atoms with E-state index in [4.69, 9.17) is 16.3 Å². The molecule has 0 saturated heterocycles. The van der Waals surface area contributed by atoms with Crippen LogP contribution < -0.4 is 4.74 Å². The van der Waals surface area contributed by atoms with E-state index in [0.717, 1.165) is 19.3 Å². The zero-order valence-corrected chi connectivity index (χ0v) is 17.4. The molecule has 0 bridgehead atoms. The van der Waals surface area contributed by atoms with Crippen LogP contribution in [-0.4, -0.2) is 28.7 Å². The summed E-state index contributed by atoms with van der Waals surface area (Å²) < 4.78 is 20.2. The smallest absolute Gasteiger partial charge is 0.311 e. The maximum Gasteiger partial charge on any atom is 0.311 e. The van der Waals surface area contributed by atoms with Crippen molar-refractivity contribution in [1.82, 2.24) is 4.57 Å². The van der Waals surface area contributed by atoms with Crippen molar-refractivity contribution in [2.45, 2.75) is 32.1 Å². The van der Waals surface area contributed by atoms with Gasteiger partial charge in [0.25, 0.3) is 5.91 Å². The van der Waals surface area contributed by atoms with Crippen LogP contribution in [0.25, 0.3) is 10.9 Å². The third-order valence-electron chi connectivity index (χ3n) is 6.02. The molecule has 0 radical (unpaired) electrons. The molecule has 2 aromatic carbocycles. The van der Waals surface area contributed by atoms with E-state index in [2.05, 4.69) is 0 Å². The lowest BCUT2D eigenvalue weighted by Crippen LogP contribution is -2.27. The van der Waals surface area contributed by atoms with Crippen LogP contribution in [0.1, 0.15) is 46.8 Å². The molecule has 7 heteroatoms. The Bertz CT molecular complexity index is 1150. The van der Waals surface area contributed by atoms with Crippen molar-refractivity contribution in [3.05, 3.63) is 64.1 Å². The number of nitrogens with zero attached hydrogens (tertiary/aromatic N) is 1. The number of carbonyl (C=O) groups excluding carboxylic acids is 1. The second-order valence-corrected chi connectivity index (χ2v) is 8.06. The standard InChI is InChI=1S/C23H21ClFNO4/c1-12-20(21(23(28)29)13-4-3-5-13)16-10-19(30-2)17(24)11-18(16)26(12)22(27)14-6-8-15(25)9-7-14/h6-11,13,21H,3-5H2,1-2H3,(H,28,29). The summed E-state index contributed by atoms with van der Waals surface area (Å²) in [4.78, 5) is 25.6. The molecule has 156 valence electrons. The topological polar surface area (TPSA) is 68.5 Å². The Morgan fingerprint density at radius 3 is 2.43 bits per heavy atom. The van der Waals surface area contributed by atoms with Crippen LogP contribution in [-0.2, 0) is 4.79 Å². The van der Waals surface area contributed by atoms with E-state index in [1.54, 1.807) is 19.1 Å². The van der Waals surface area contributed by atoms with E-state index in [0.29, 0.717) is 38.5 Å². The zero-order chi connectivity index (χ0) is 21.6. The number of fused-ring (bicyclic) bond motifs is 1. The van der Waals surface area contributed by atoms with Crippen molar-refractivity contribution >= 4 is 34.4 Å². The Morgan fingerprint density at radius 2 is 1.90 bits per heavy atom. The number of carboxylic acids is 1. The van der Waals surface area contributed by atoms with Crippen LogP contribution in [0.4, 0.5) is 4.39 Å². The fourth-order valence-electron chi connectivity index (χ4n) is 4.31. The van der Waals surface area contributed by atoms with Gasteiger partial charge in [0.05, 0.1) is 23.6 Å². The minimum absolute atomic E-state index is 0.0165. The van der Waals surface area contributed by atoms with Gasteiger partial charge in [0.1, 0.15) is 11.6 Å². The molecule has 1 aliphatic rings. The highest BCUT2D eigenvalue weighted by Crippen LogP contribution is 2.45. The van der Waals surface area contributed by atoms with Crippen molar-refractivity contribution in [2.24, 2.45) is 5.92 Å². The summed E-state index contributed by atoms with van der Waals surface area (Å²) in [7, 11) is 1.49. The number of hydrogen-bond donors (Lipinski definition) is 1. The van der Waals surface area contributed by atoms with Crippen LogP contribution in [0.5, 0.6) is 5.75 Å². The number of aliphatic carboxylic acids is 1. The fraction of sp³-hybridized carbons (Fsp3) is 0.304. The first-order valence-corrected chi connectivity index (χ1v) is 10.1. The normalized spacial score (nSPS) is 15.1. The highest BCUT2D eigenvalue weighted by Gasteiger charge is 2.38. The Morgan fingerprint density at radius 1 is 1.23 bits per heavy atom. The van der Waals surface area contributed by atoms with Crippen molar-refractivity contribution in [1.29, 1.82) is 0 Å². The first-order valence-electron chi connectivity index (χ1n) is 9.75. The summed E-state index contributed by atoms with van der Waals surface area (Å²) in [6.07, 6.45) is 2.66. The molecule has 0 amide bonds. The quantitative estimate of drug-likeness (QED) is 0.589. The van der Waals surface area contributed by atoms with Gasteiger partial charge in [0.2, 0.25) is 0 Å². The van der Waals surface area contributed by atoms with Crippen molar-refractivity contribution in [2.75, 3.05) is 7.11 Å². The van der Waals surface area contributed by atoms with Gasteiger partial charge in [0.15, 0.2) is 0 Å². The molecule has 1 atom stereocenters. The number of halogens is 2. The summed E-state index contributed by atoms with van der Waals surface area (Å²) in [5.74, 6) is -2.02. The van der Waals surface area contributed by atoms with Gasteiger partial charge in [-0.15, -0.1) is 0 Å². The minimum atomic E-state index is -0.912. The van der Waals surface area contributed by atoms with Gasteiger partial charge in [-0.1, -0.05) is 18.0 Å². The van der Waals surface area contributed by atoms with Gasteiger partial charge in [0, 0.05) is 16.6 Å². The van der Waals surface area contributed by atoms with E-state index >= 15 is 0 Å². The lowest BCUT2D eigenvalue weighted by molar-refractivity contribution is -0.141. The first kappa shape index (κ1) is 20.4. The zero-order valence-electron chi connectivity index (χ0n) is 16.6. The van der Waals surface area contributed by atoms with Gasteiger partial charge >= 0.3 is 5.97 Å². The van der Waals surface area contributed by atoms with Gasteiger partial charge in [-0.2, -0.15) is 0 Å². The van der Waals surface area contributed by atoms with Crippen LogP contribution >= 0.6 is 11.6 Å². The fourth-order valence-corrected chi connectivity index (χ4v) is 4.54. The summed E-state index contributed by atoms with van der Waals surface area (Å²) >= 11 is 6.34. The number of carbonyl (C=O) groups is 2. The Kier molecular flexibility index (Phi) is 5.28. The predicted octanol–water partition coefficient (Wildman–Crippen LogP) is 5.41. The monoisotopic (exact) mass is 429 g/mol. The van der Waals surface area contributed by atoms with Gasteiger partial charge in [-0.3, -0.25) is 14.2 Å². The predicted molar refractivity (Wildman–Crippen MR) is 112 cm³/mol. The highest BCUT2D eigenvalue weighted by atomic mass is 35.5. The molecular weight excluding hydrogens is 409 g/mol. The molecule has 0 aliphatic heterocycles. The van der Waals surface area contributed by atoms with Crippen LogP contribution in [0.15, 0.2) is 36.4 Å². The number of hydrogen-bond acceptors (Lipinski definition) is 3. The van der Waals surface area contributed by atoms with Crippen LogP contribution in [0.2, 0.25) is 5.02 Å². The number of rotatable bonds is 5. The van der Waals surface area contributed by atoms with E-state index < -0.39 is 17.7 Å². The van der Waals surface area contributed by atoms with Gasteiger partial charge in [-0.05, 0) is 67.6 Å². The van der Waals surface area contributed by atoms with Crippen molar-refractivity contribution in [3.63, 3.8) is 0 Å². The van der Waals surface area contributed by atoms with Crippen molar-refractivity contribution in [3.8, 4) is 5.75 Å². The second kappa shape index (κ2) is 7.76. The number of aromatic nitrogens is 1. The molecule has 1 N–H and O–H groups in total. The molecule has 0 spiro atoms. The number of methoxy groups -OCH3 is 1. The molecule has 4 rings (SSSR count). The average Bonchev–Trinajstić information content (AvgIpc) is 2.94. The summed E-state index contributed by atoms with van der Waals surface area (Å²) in [5.41, 5.74) is 1.95. The largest absolute Gasteiger partial charge is 0.495 e. The molecule has 1 heterocycles. The van der Waals surface area contributed by atoms with Gasteiger partial charge in [-0.25, -0.2) is 4.39 Å². The molecule has 30 heavy (non-hydrogen) atoms. The second-order valence-electron chi connectivity index (χ2n) is 7.66. The molecule has 5 nitrogen and oxygen atoms in total. The average molecular weight is 430 g/mol. The maximum absolute atomic E-state index is 13.3. The third-order valence-corrected chi connectivity index (χ3v) is 6.31. The van der Waals surface area contributed by atoms with E-state index in [1.807, 2.05) is 0 Å². The minimum Gasteiger partial charge on any atom is -0.495 e. The summed E-state index contributed by atoms with van der Waals surface area (Å²) in [6, 6.07) is 8.58. The van der Waals surface area contributed by atoms with Gasteiger partial charge < -0.3 is 9.84 Å². The SMILES string of the molecule is COc1cc2c(C(C(=O)O)C3CCC3)c(C)n(C(=O)c3ccc(F)cc3)c2cc1Cl. The Labute approximate surface area is 178 Å². The molecule has 3 aromatic rings. The van der Waals surface area contributed by atoms with Crippen LogP contribution in [0.3, 0.4) is 0 Å². The first-order chi connectivity index (χ1) is 14.3. The maximum atomic E-state index is 13.3. The Balaban J connectivity index is 1.99. The molecule has 1 aliphatic carbocycles. The number of carboxylic acid groups (broad SMARTS) is 1. The number of ether oxygens (including phenoxy) is 1. The van der Waals surface area contributed by atoms with E-state index in [-0.39, 0.29) is 11.8 Å². The molecule has 1 saturated carbocycles. The highest BCUT2D eigenvalue weighted by molar-refractivity contribution is 6.33. The van der Waals surface area contributed by atoms with E-state index in [1.165, 1.54) is 35.9 Å². The van der Waals surface area contributed by atoms with E-state index in [9.17, 15) is 19.1 Å². The molecule has 1 unspecified atom stereocenters. The lowest BCUT2D eigenvalue weighted by Gasteiger charge is -2.31. The lowest BCUT2D eigenvalue weighted by atomic mass is 9.72. The number of benzene rings is 2. The van der Waals surface area contributed by atoms with Crippen molar-refractivity contribution < 1.29 is 23.8 Å². The molecular formula is C23H21ClFNO4.